The van der Waals surface area contributed by atoms with Crippen molar-refractivity contribution in [3.05, 3.63) is 0 Å². The van der Waals surface area contributed by atoms with Crippen molar-refractivity contribution in [1.82, 2.24) is 10.2 Å². The van der Waals surface area contributed by atoms with E-state index in [1.54, 1.807) is 7.11 Å². The van der Waals surface area contributed by atoms with Crippen molar-refractivity contribution in [3.63, 3.8) is 0 Å². The molecule has 1 heterocycles. The van der Waals surface area contributed by atoms with Crippen LogP contribution in [0.15, 0.2) is 0 Å². The Morgan fingerprint density at radius 3 is 2.79 bits per heavy atom. The lowest BCUT2D eigenvalue weighted by molar-refractivity contribution is 0.137. The van der Waals surface area contributed by atoms with Gasteiger partial charge in [0.25, 0.3) is 0 Å². The molecule has 3 heteroatoms. The van der Waals surface area contributed by atoms with Crippen molar-refractivity contribution in [2.75, 3.05) is 33.4 Å². The van der Waals surface area contributed by atoms with Crippen molar-refractivity contribution in [2.24, 2.45) is 0 Å². The van der Waals surface area contributed by atoms with Crippen LogP contribution in [0.4, 0.5) is 0 Å². The molecule has 1 N–H and O–H groups in total. The maximum Gasteiger partial charge on any atom is 0.0589 e. The van der Waals surface area contributed by atoms with E-state index >= 15 is 0 Å². The second kappa shape index (κ2) is 5.10. The number of nitrogens with zero attached hydrogens (tertiary/aromatic N) is 1. The highest BCUT2D eigenvalue weighted by atomic mass is 16.5. The van der Waals surface area contributed by atoms with Gasteiger partial charge in [-0.05, 0) is 32.2 Å². The topological polar surface area (TPSA) is 24.5 Å². The monoisotopic (exact) mass is 198 g/mol. The van der Waals surface area contributed by atoms with E-state index in [0.29, 0.717) is 0 Å². The van der Waals surface area contributed by atoms with Crippen molar-refractivity contribution in [2.45, 2.75) is 37.8 Å². The first kappa shape index (κ1) is 10.4. The summed E-state index contributed by atoms with van der Waals surface area (Å²) in [6.07, 6.45) is 5.51. The second-order valence-electron chi connectivity index (χ2n) is 4.51. The van der Waals surface area contributed by atoms with Gasteiger partial charge in [0.1, 0.15) is 0 Å². The van der Waals surface area contributed by atoms with Crippen molar-refractivity contribution >= 4 is 0 Å². The van der Waals surface area contributed by atoms with Gasteiger partial charge in [-0.1, -0.05) is 0 Å². The molecule has 0 radical (unpaired) electrons. The van der Waals surface area contributed by atoms with Crippen LogP contribution in [0.25, 0.3) is 0 Å². The summed E-state index contributed by atoms with van der Waals surface area (Å²) in [7, 11) is 1.79. The Hall–Kier alpha value is -0.120. The van der Waals surface area contributed by atoms with E-state index in [9.17, 15) is 0 Å². The van der Waals surface area contributed by atoms with E-state index in [-0.39, 0.29) is 0 Å². The summed E-state index contributed by atoms with van der Waals surface area (Å²) in [5.74, 6) is 0. The normalized spacial score (nSPS) is 27.4. The van der Waals surface area contributed by atoms with Gasteiger partial charge in [0.15, 0.2) is 0 Å². The molecule has 3 nitrogen and oxygen atoms in total. The van der Waals surface area contributed by atoms with Crippen LogP contribution >= 0.6 is 0 Å². The molecule has 0 aromatic rings. The van der Waals surface area contributed by atoms with Crippen LogP contribution in [0.3, 0.4) is 0 Å². The van der Waals surface area contributed by atoms with E-state index in [1.807, 2.05) is 0 Å². The molecule has 2 aliphatic rings. The minimum Gasteiger partial charge on any atom is -0.383 e. The lowest BCUT2D eigenvalue weighted by Crippen LogP contribution is -2.40. The molecule has 0 spiro atoms. The van der Waals surface area contributed by atoms with Gasteiger partial charge >= 0.3 is 0 Å². The number of hydrogen-bond acceptors (Lipinski definition) is 3. The minimum absolute atomic E-state index is 0.743. The number of ether oxygens (including phenoxy) is 1. The zero-order chi connectivity index (χ0) is 9.80. The Labute approximate surface area is 86.8 Å². The maximum atomic E-state index is 5.15. The molecule has 2 fully saturated rings. The molecule has 1 saturated heterocycles. The van der Waals surface area contributed by atoms with Crippen LogP contribution in [0.5, 0.6) is 0 Å². The Bertz CT molecular complexity index is 165. The maximum absolute atomic E-state index is 5.15. The highest BCUT2D eigenvalue weighted by molar-refractivity contribution is 4.88. The number of hydrogen-bond donors (Lipinski definition) is 1. The summed E-state index contributed by atoms with van der Waals surface area (Å²) < 4.78 is 5.15. The first-order valence-electron chi connectivity index (χ1n) is 5.86. The molecule has 0 amide bonds. The van der Waals surface area contributed by atoms with E-state index in [4.69, 9.17) is 4.74 Å². The van der Waals surface area contributed by atoms with Gasteiger partial charge in [-0.25, -0.2) is 0 Å². The predicted molar refractivity (Wildman–Crippen MR) is 57.5 cm³/mol. The van der Waals surface area contributed by atoms with Crippen LogP contribution in [0.2, 0.25) is 0 Å². The minimum atomic E-state index is 0.743. The lowest BCUT2D eigenvalue weighted by Gasteiger charge is -2.25. The zero-order valence-electron chi connectivity index (χ0n) is 9.17. The van der Waals surface area contributed by atoms with Crippen molar-refractivity contribution in [1.29, 1.82) is 0 Å². The summed E-state index contributed by atoms with van der Waals surface area (Å²) >= 11 is 0. The summed E-state index contributed by atoms with van der Waals surface area (Å²) in [5.41, 5.74) is 0. The highest BCUT2D eigenvalue weighted by Gasteiger charge is 2.30. The number of methoxy groups -OCH3 is 1. The molecule has 82 valence electrons. The fraction of sp³-hybridized carbons (Fsp3) is 1.00. The molecule has 1 saturated carbocycles. The molecule has 0 bridgehead atoms. The first-order chi connectivity index (χ1) is 6.90. The molecule has 1 atom stereocenters. The Morgan fingerprint density at radius 1 is 1.36 bits per heavy atom. The van der Waals surface area contributed by atoms with Crippen molar-refractivity contribution in [3.8, 4) is 0 Å². The number of nitrogens with one attached hydrogen (secondary N) is 1. The van der Waals surface area contributed by atoms with E-state index < -0.39 is 0 Å². The standard InChI is InChI=1S/C11H22N2O/c1-14-8-7-13(11-4-5-11)9-10-3-2-6-12-10/h10-12H,2-9H2,1H3/t10-/m1/s1. The summed E-state index contributed by atoms with van der Waals surface area (Å²) in [4.78, 5) is 2.60. The Balaban J connectivity index is 1.71. The van der Waals surface area contributed by atoms with Crippen molar-refractivity contribution < 1.29 is 4.74 Å². The summed E-state index contributed by atoms with van der Waals surface area (Å²) in [6.45, 7) is 4.43. The van der Waals surface area contributed by atoms with Gasteiger partial charge in [0.2, 0.25) is 0 Å². The lowest BCUT2D eigenvalue weighted by atomic mass is 10.2. The Kier molecular flexibility index (Phi) is 3.79. The van der Waals surface area contributed by atoms with E-state index in [2.05, 4.69) is 10.2 Å². The molecular weight excluding hydrogens is 176 g/mol. The second-order valence-corrected chi connectivity index (χ2v) is 4.51. The fourth-order valence-electron chi connectivity index (χ4n) is 2.27. The molecule has 0 aromatic carbocycles. The fourth-order valence-corrected chi connectivity index (χ4v) is 2.27. The third kappa shape index (κ3) is 2.94. The van der Waals surface area contributed by atoms with Crippen LogP contribution in [0.1, 0.15) is 25.7 Å². The summed E-state index contributed by atoms with van der Waals surface area (Å²) in [6, 6.07) is 1.61. The Morgan fingerprint density at radius 2 is 2.21 bits per heavy atom. The van der Waals surface area contributed by atoms with Gasteiger partial charge in [0, 0.05) is 32.3 Å². The average molecular weight is 198 g/mol. The third-order valence-electron chi connectivity index (χ3n) is 3.26. The van der Waals surface area contributed by atoms with Crippen LogP contribution in [-0.4, -0.2) is 50.3 Å². The third-order valence-corrected chi connectivity index (χ3v) is 3.26. The SMILES string of the molecule is COCCN(C[C@H]1CCCN1)C1CC1. The average Bonchev–Trinajstić information content (AvgIpc) is 2.92. The highest BCUT2D eigenvalue weighted by Crippen LogP contribution is 2.27. The molecule has 1 aliphatic heterocycles. The molecule has 14 heavy (non-hydrogen) atoms. The predicted octanol–water partition coefficient (Wildman–Crippen LogP) is 0.849. The molecule has 1 aliphatic carbocycles. The van der Waals surface area contributed by atoms with Crippen LogP contribution in [0, 0.1) is 0 Å². The smallest absolute Gasteiger partial charge is 0.0589 e. The van der Waals surface area contributed by atoms with Gasteiger partial charge in [0.05, 0.1) is 6.61 Å². The van der Waals surface area contributed by atoms with Gasteiger partial charge in [-0.15, -0.1) is 0 Å². The van der Waals surface area contributed by atoms with Crippen LogP contribution in [-0.2, 0) is 4.74 Å². The zero-order valence-corrected chi connectivity index (χ0v) is 9.17. The van der Waals surface area contributed by atoms with Gasteiger partial charge < -0.3 is 10.1 Å². The summed E-state index contributed by atoms with van der Waals surface area (Å²) in [5, 5.41) is 3.56. The van der Waals surface area contributed by atoms with E-state index in [0.717, 1.165) is 25.2 Å². The molecule has 0 unspecified atom stereocenters. The van der Waals surface area contributed by atoms with Gasteiger partial charge in [-0.2, -0.15) is 0 Å². The van der Waals surface area contributed by atoms with Gasteiger partial charge in [-0.3, -0.25) is 4.90 Å². The first-order valence-corrected chi connectivity index (χ1v) is 5.86. The number of rotatable bonds is 6. The molecule has 0 aromatic heterocycles. The molecular formula is C11H22N2O. The van der Waals surface area contributed by atoms with Crippen LogP contribution < -0.4 is 5.32 Å². The van der Waals surface area contributed by atoms with E-state index in [1.165, 1.54) is 38.8 Å². The quantitative estimate of drug-likeness (QED) is 0.685. The largest absolute Gasteiger partial charge is 0.383 e. The molecule has 2 rings (SSSR count).